The van der Waals surface area contributed by atoms with Crippen LogP contribution in [0, 0.1) is 5.92 Å². The maximum absolute atomic E-state index is 2.71. The minimum absolute atomic E-state index is 0. The molecular formula is C23H33ClN2O. The zero-order valence-corrected chi connectivity index (χ0v) is 17.3. The number of benzene rings is 2. The first-order valence-corrected chi connectivity index (χ1v) is 9.75. The molecule has 2 N–H and O–H groups in total. The lowest BCUT2D eigenvalue weighted by Crippen LogP contribution is -2.40. The van der Waals surface area contributed by atoms with Crippen molar-refractivity contribution in [3.8, 4) is 0 Å². The molecule has 2 aliphatic rings. The number of rotatable bonds is 5. The zero-order valence-electron chi connectivity index (χ0n) is 16.5. The highest BCUT2D eigenvalue weighted by Gasteiger charge is 2.43. The van der Waals surface area contributed by atoms with Crippen LogP contribution in [0.4, 0.5) is 0 Å². The van der Waals surface area contributed by atoms with Crippen LogP contribution in [-0.4, -0.2) is 55.6 Å². The third kappa shape index (κ3) is 4.55. The maximum atomic E-state index is 2.71. The van der Waals surface area contributed by atoms with Crippen LogP contribution in [0.1, 0.15) is 41.4 Å². The Labute approximate surface area is 170 Å². The highest BCUT2D eigenvalue weighted by Crippen LogP contribution is 2.52. The maximum Gasteiger partial charge on any atom is 0.0138 e. The molecule has 0 spiro atoms. The van der Waals surface area contributed by atoms with Crippen molar-refractivity contribution in [3.05, 3.63) is 71.3 Å². The molecule has 3 atom stereocenters. The number of piperidine rings is 1. The lowest BCUT2D eigenvalue weighted by Gasteiger charge is -2.38. The minimum atomic E-state index is 0. The van der Waals surface area contributed by atoms with Crippen molar-refractivity contribution in [2.24, 2.45) is 5.92 Å². The Hall–Kier alpha value is -1.39. The van der Waals surface area contributed by atoms with Crippen LogP contribution in [0.15, 0.2) is 54.6 Å². The molecule has 3 nitrogen and oxygen atoms in total. The Morgan fingerprint density at radius 2 is 1.63 bits per heavy atom. The van der Waals surface area contributed by atoms with Crippen LogP contribution in [0.2, 0.25) is 0 Å². The molecule has 0 bridgehead atoms. The van der Waals surface area contributed by atoms with Crippen LogP contribution in [-0.2, 0) is 0 Å². The first kappa shape index (κ1) is 21.9. The number of fused-ring (bicyclic) bond motifs is 3. The van der Waals surface area contributed by atoms with E-state index in [1.54, 1.807) is 11.1 Å². The fourth-order valence-electron chi connectivity index (χ4n) is 5.04. The monoisotopic (exact) mass is 388 g/mol. The summed E-state index contributed by atoms with van der Waals surface area (Å²) in [6.45, 7) is 4.92. The predicted octanol–water partition coefficient (Wildman–Crippen LogP) is 3.79. The van der Waals surface area contributed by atoms with Gasteiger partial charge in [-0.1, -0.05) is 54.6 Å². The fraction of sp³-hybridized carbons (Fsp3) is 0.478. The van der Waals surface area contributed by atoms with Gasteiger partial charge in [0, 0.05) is 12.5 Å². The van der Waals surface area contributed by atoms with Gasteiger partial charge in [0.05, 0.1) is 0 Å². The third-order valence-corrected chi connectivity index (χ3v) is 6.14. The smallest absolute Gasteiger partial charge is 0.0138 e. The van der Waals surface area contributed by atoms with E-state index in [1.807, 2.05) is 0 Å². The van der Waals surface area contributed by atoms with Gasteiger partial charge in [0.2, 0.25) is 0 Å². The lowest BCUT2D eigenvalue weighted by molar-refractivity contribution is 0.149. The van der Waals surface area contributed by atoms with E-state index in [9.17, 15) is 0 Å². The van der Waals surface area contributed by atoms with Gasteiger partial charge in [-0.2, -0.15) is 0 Å². The van der Waals surface area contributed by atoms with Crippen molar-refractivity contribution < 1.29 is 5.48 Å². The standard InChI is InChI=1S/C23H30N2.ClH.H2O/c1-24(2)14-8-15-25-16-13-20-19-11-6-7-12-21(19)23(22(20)17-25)18-9-4-3-5-10-18;;/h3-7,9-12,20,22-23H,8,13-17H2,1-2H3;1H;1H2/t20-,22-,23+;;/m0../s1. The van der Waals surface area contributed by atoms with Crippen molar-refractivity contribution in [2.45, 2.75) is 24.7 Å². The summed E-state index contributed by atoms with van der Waals surface area (Å²) in [6, 6.07) is 20.4. The molecule has 4 heteroatoms. The first-order chi connectivity index (χ1) is 12.2. The van der Waals surface area contributed by atoms with E-state index in [2.05, 4.69) is 78.5 Å². The Morgan fingerprint density at radius 1 is 0.963 bits per heavy atom. The number of likely N-dealkylation sites (tertiary alicyclic amines) is 1. The highest BCUT2D eigenvalue weighted by molar-refractivity contribution is 5.85. The number of halogens is 1. The largest absolute Gasteiger partial charge is 0.412 e. The first-order valence-electron chi connectivity index (χ1n) is 9.75. The summed E-state index contributed by atoms with van der Waals surface area (Å²) in [4.78, 5) is 5.01. The summed E-state index contributed by atoms with van der Waals surface area (Å²) in [6.07, 6.45) is 2.58. The van der Waals surface area contributed by atoms with E-state index >= 15 is 0 Å². The van der Waals surface area contributed by atoms with Gasteiger partial charge in [0.1, 0.15) is 0 Å². The van der Waals surface area contributed by atoms with Crippen molar-refractivity contribution in [2.75, 3.05) is 40.3 Å². The topological polar surface area (TPSA) is 38.0 Å². The average Bonchev–Trinajstić information content (AvgIpc) is 2.96. The van der Waals surface area contributed by atoms with Gasteiger partial charge < -0.3 is 15.3 Å². The van der Waals surface area contributed by atoms with Gasteiger partial charge in [-0.25, -0.2) is 0 Å². The highest BCUT2D eigenvalue weighted by atomic mass is 35.5. The summed E-state index contributed by atoms with van der Waals surface area (Å²) >= 11 is 0. The van der Waals surface area contributed by atoms with Gasteiger partial charge in [-0.15, -0.1) is 12.4 Å². The van der Waals surface area contributed by atoms with Crippen LogP contribution < -0.4 is 0 Å². The third-order valence-electron chi connectivity index (χ3n) is 6.14. The van der Waals surface area contributed by atoms with Crippen LogP contribution in [0.3, 0.4) is 0 Å². The van der Waals surface area contributed by atoms with Gasteiger partial charge >= 0.3 is 0 Å². The fourth-order valence-corrected chi connectivity index (χ4v) is 5.04. The van der Waals surface area contributed by atoms with Gasteiger partial charge in [0.15, 0.2) is 0 Å². The Balaban J connectivity index is 0.00000131. The van der Waals surface area contributed by atoms with E-state index in [4.69, 9.17) is 0 Å². The van der Waals surface area contributed by atoms with E-state index in [0.717, 1.165) is 11.8 Å². The van der Waals surface area contributed by atoms with Crippen molar-refractivity contribution in [1.29, 1.82) is 0 Å². The predicted molar refractivity (Wildman–Crippen MR) is 116 cm³/mol. The molecule has 2 aromatic rings. The zero-order chi connectivity index (χ0) is 17.2. The SMILES string of the molecule is CN(C)CCCN1CC[C@H]2c3ccccc3[C@@H](c3ccccc3)[C@H]2C1.Cl.O. The Bertz CT molecular complexity index is 707. The summed E-state index contributed by atoms with van der Waals surface area (Å²) in [7, 11) is 4.34. The quantitative estimate of drug-likeness (QED) is 0.781. The van der Waals surface area contributed by atoms with Gasteiger partial charge in [0.25, 0.3) is 0 Å². The summed E-state index contributed by atoms with van der Waals surface area (Å²) in [5.74, 6) is 2.04. The van der Waals surface area contributed by atoms with Crippen molar-refractivity contribution >= 4 is 12.4 Å². The lowest BCUT2D eigenvalue weighted by atomic mass is 9.79. The normalized spacial score (nSPS) is 23.9. The van der Waals surface area contributed by atoms with Gasteiger partial charge in [-0.05, 0) is 75.1 Å². The molecule has 148 valence electrons. The number of hydrogen-bond acceptors (Lipinski definition) is 2. The molecule has 0 unspecified atom stereocenters. The summed E-state index contributed by atoms with van der Waals surface area (Å²) < 4.78 is 0. The van der Waals surface area contributed by atoms with Crippen molar-refractivity contribution in [1.82, 2.24) is 9.80 Å². The van der Waals surface area contributed by atoms with Gasteiger partial charge in [-0.3, -0.25) is 0 Å². The summed E-state index contributed by atoms with van der Waals surface area (Å²) in [5, 5.41) is 0. The van der Waals surface area contributed by atoms with E-state index in [1.165, 1.54) is 44.6 Å². The molecule has 1 fully saturated rings. The molecule has 0 aromatic heterocycles. The van der Waals surface area contributed by atoms with Crippen molar-refractivity contribution in [3.63, 3.8) is 0 Å². The average molecular weight is 389 g/mol. The molecule has 1 saturated heterocycles. The Kier molecular flexibility index (Phi) is 7.87. The van der Waals surface area contributed by atoms with Crippen LogP contribution >= 0.6 is 12.4 Å². The molecule has 1 aliphatic carbocycles. The van der Waals surface area contributed by atoms with E-state index in [0.29, 0.717) is 5.92 Å². The molecule has 27 heavy (non-hydrogen) atoms. The van der Waals surface area contributed by atoms with Crippen LogP contribution in [0.25, 0.3) is 0 Å². The molecular weight excluding hydrogens is 356 g/mol. The Morgan fingerprint density at radius 3 is 2.33 bits per heavy atom. The van der Waals surface area contributed by atoms with Crippen LogP contribution in [0.5, 0.6) is 0 Å². The molecule has 1 heterocycles. The number of hydrogen-bond donors (Lipinski definition) is 0. The van der Waals surface area contributed by atoms with E-state index in [-0.39, 0.29) is 17.9 Å². The molecule has 0 saturated carbocycles. The second kappa shape index (κ2) is 9.70. The molecule has 2 aromatic carbocycles. The second-order valence-electron chi connectivity index (χ2n) is 8.03. The minimum Gasteiger partial charge on any atom is -0.412 e. The van der Waals surface area contributed by atoms with E-state index < -0.39 is 0 Å². The molecule has 1 aliphatic heterocycles. The summed E-state index contributed by atoms with van der Waals surface area (Å²) in [5.41, 5.74) is 4.70. The second-order valence-corrected chi connectivity index (χ2v) is 8.03. The molecule has 0 radical (unpaired) electrons. The number of nitrogens with zero attached hydrogens (tertiary/aromatic N) is 2. The molecule has 4 rings (SSSR count). The molecule has 0 amide bonds.